The van der Waals surface area contributed by atoms with Crippen LogP contribution in [0.4, 0.5) is 0 Å². The van der Waals surface area contributed by atoms with E-state index in [0.29, 0.717) is 37.7 Å². The zero-order chi connectivity index (χ0) is 18.4. The van der Waals surface area contributed by atoms with Crippen LogP contribution in [-0.4, -0.2) is 22.9 Å². The second-order valence-corrected chi connectivity index (χ2v) is 6.97. The highest BCUT2D eigenvalue weighted by molar-refractivity contribution is 5.28. The van der Waals surface area contributed by atoms with Crippen molar-refractivity contribution in [3.63, 3.8) is 0 Å². The van der Waals surface area contributed by atoms with Gasteiger partial charge in [-0.2, -0.15) is 5.10 Å². The number of rotatable bonds is 7. The van der Waals surface area contributed by atoms with Gasteiger partial charge in [0.15, 0.2) is 0 Å². The van der Waals surface area contributed by atoms with Gasteiger partial charge in [0.1, 0.15) is 12.4 Å². The normalized spacial score (nSPS) is 11.6. The summed E-state index contributed by atoms with van der Waals surface area (Å²) >= 11 is 0. The molecule has 0 saturated heterocycles. The second-order valence-electron chi connectivity index (χ2n) is 6.97. The van der Waals surface area contributed by atoms with E-state index >= 15 is 0 Å². The predicted octanol–water partition coefficient (Wildman–Crippen LogP) is 2.36. The van der Waals surface area contributed by atoms with Crippen LogP contribution < -0.4 is 16.0 Å². The van der Waals surface area contributed by atoms with Crippen LogP contribution in [0.15, 0.2) is 35.3 Å². The van der Waals surface area contributed by atoms with Crippen molar-refractivity contribution in [1.29, 1.82) is 0 Å². The molecule has 1 aromatic heterocycles. The third kappa shape index (κ3) is 5.14. The van der Waals surface area contributed by atoms with Gasteiger partial charge in [-0.15, -0.1) is 0 Å². The van der Waals surface area contributed by atoms with Gasteiger partial charge in [-0.25, -0.2) is 4.68 Å². The highest BCUT2D eigenvalue weighted by Gasteiger charge is 2.18. The Labute approximate surface area is 148 Å². The fourth-order valence-electron chi connectivity index (χ4n) is 2.31. The van der Waals surface area contributed by atoms with Crippen molar-refractivity contribution in [2.24, 2.45) is 5.73 Å². The highest BCUT2D eigenvalue weighted by Crippen LogP contribution is 2.17. The molecular weight excluding hydrogens is 318 g/mol. The van der Waals surface area contributed by atoms with E-state index in [1.165, 1.54) is 4.68 Å². The third-order valence-electron chi connectivity index (χ3n) is 3.76. The number of benzene rings is 1. The van der Waals surface area contributed by atoms with Crippen LogP contribution in [0.2, 0.25) is 0 Å². The molecule has 0 saturated carbocycles. The van der Waals surface area contributed by atoms with E-state index in [1.807, 2.05) is 45.0 Å². The van der Waals surface area contributed by atoms with Crippen molar-refractivity contribution in [3.8, 4) is 5.75 Å². The lowest BCUT2D eigenvalue weighted by Crippen LogP contribution is -2.37. The second kappa shape index (κ2) is 8.27. The number of nitrogens with two attached hydrogens (primary N) is 1. The molecular formula is C19H27N3O3. The monoisotopic (exact) mass is 345 g/mol. The Morgan fingerprint density at radius 3 is 2.28 bits per heavy atom. The van der Waals surface area contributed by atoms with Crippen LogP contribution >= 0.6 is 0 Å². The molecule has 0 aliphatic rings. The molecule has 0 radical (unpaired) electrons. The summed E-state index contributed by atoms with van der Waals surface area (Å²) in [5.74, 6) is 0.515. The van der Waals surface area contributed by atoms with Crippen LogP contribution in [0.1, 0.15) is 37.5 Å². The average Bonchev–Trinajstić information content (AvgIpc) is 2.56. The van der Waals surface area contributed by atoms with Crippen molar-refractivity contribution in [2.75, 3.05) is 13.2 Å². The molecule has 2 rings (SSSR count). The highest BCUT2D eigenvalue weighted by atomic mass is 16.5. The molecule has 6 nitrogen and oxygen atoms in total. The molecule has 6 heteroatoms. The minimum atomic E-state index is -0.359. The maximum absolute atomic E-state index is 12.4. The van der Waals surface area contributed by atoms with E-state index in [0.717, 1.165) is 11.1 Å². The lowest BCUT2D eigenvalue weighted by atomic mass is 10.1. The van der Waals surface area contributed by atoms with Crippen LogP contribution in [0.25, 0.3) is 0 Å². The predicted molar refractivity (Wildman–Crippen MR) is 97.7 cm³/mol. The molecule has 136 valence electrons. The molecule has 1 heterocycles. The molecule has 0 amide bonds. The fraction of sp³-hybridized carbons (Fsp3) is 0.474. The number of hydrogen-bond donors (Lipinski definition) is 1. The van der Waals surface area contributed by atoms with Gasteiger partial charge in [0.05, 0.1) is 30.5 Å². The molecule has 1 aromatic carbocycles. The first-order chi connectivity index (χ1) is 11.8. The summed E-state index contributed by atoms with van der Waals surface area (Å²) < 4.78 is 12.7. The zero-order valence-electron chi connectivity index (χ0n) is 15.4. The smallest absolute Gasteiger partial charge is 0.273 e. The molecule has 0 fully saturated rings. The maximum atomic E-state index is 12.4. The molecule has 0 aliphatic heterocycles. The first-order valence-corrected chi connectivity index (χ1v) is 8.41. The average molecular weight is 345 g/mol. The standard InChI is InChI=1S/C19H27N3O3/c1-14-17(11-21-22(18(14)23)19(2,3)4)25-13-16-7-5-15(6-8-16)12-24-10-9-20/h5-8,11H,9-10,12-13,20H2,1-4H3. The molecule has 0 aliphatic carbocycles. The maximum Gasteiger partial charge on any atom is 0.273 e. The van der Waals surface area contributed by atoms with Gasteiger partial charge < -0.3 is 15.2 Å². The summed E-state index contributed by atoms with van der Waals surface area (Å²) in [6, 6.07) is 7.97. The summed E-state index contributed by atoms with van der Waals surface area (Å²) in [5.41, 5.74) is 7.58. The number of aromatic nitrogens is 2. The summed E-state index contributed by atoms with van der Waals surface area (Å²) in [6.45, 7) is 9.60. The van der Waals surface area contributed by atoms with Gasteiger partial charge in [-0.3, -0.25) is 4.79 Å². The van der Waals surface area contributed by atoms with E-state index in [-0.39, 0.29) is 11.1 Å². The van der Waals surface area contributed by atoms with Gasteiger partial charge in [-0.1, -0.05) is 24.3 Å². The summed E-state index contributed by atoms with van der Waals surface area (Å²) in [6.07, 6.45) is 1.61. The summed E-state index contributed by atoms with van der Waals surface area (Å²) in [7, 11) is 0. The van der Waals surface area contributed by atoms with E-state index < -0.39 is 0 Å². The van der Waals surface area contributed by atoms with Crippen LogP contribution in [0, 0.1) is 6.92 Å². The molecule has 0 spiro atoms. The van der Waals surface area contributed by atoms with Gasteiger partial charge in [0.2, 0.25) is 0 Å². The third-order valence-corrected chi connectivity index (χ3v) is 3.76. The van der Waals surface area contributed by atoms with Gasteiger partial charge in [0, 0.05) is 6.54 Å². The van der Waals surface area contributed by atoms with Gasteiger partial charge >= 0.3 is 0 Å². The topological polar surface area (TPSA) is 79.4 Å². The van der Waals surface area contributed by atoms with E-state index in [2.05, 4.69) is 5.10 Å². The summed E-state index contributed by atoms with van der Waals surface area (Å²) in [4.78, 5) is 12.4. The van der Waals surface area contributed by atoms with E-state index in [9.17, 15) is 4.79 Å². The quantitative estimate of drug-likeness (QED) is 0.779. The van der Waals surface area contributed by atoms with Gasteiger partial charge in [-0.05, 0) is 38.8 Å². The Balaban J connectivity index is 2.02. The Morgan fingerprint density at radius 2 is 1.72 bits per heavy atom. The van der Waals surface area contributed by atoms with Crippen LogP contribution in [-0.2, 0) is 23.5 Å². The van der Waals surface area contributed by atoms with E-state index in [4.69, 9.17) is 15.2 Å². The minimum absolute atomic E-state index is 0.127. The Bertz CT molecular complexity index is 746. The first kappa shape index (κ1) is 19.1. The largest absolute Gasteiger partial charge is 0.487 e. The molecule has 0 bridgehead atoms. The van der Waals surface area contributed by atoms with Crippen molar-refractivity contribution in [1.82, 2.24) is 9.78 Å². The number of ether oxygens (including phenoxy) is 2. The van der Waals surface area contributed by atoms with Gasteiger partial charge in [0.25, 0.3) is 5.56 Å². The minimum Gasteiger partial charge on any atom is -0.487 e. The zero-order valence-corrected chi connectivity index (χ0v) is 15.4. The van der Waals surface area contributed by atoms with Crippen molar-refractivity contribution in [2.45, 2.75) is 46.4 Å². The van der Waals surface area contributed by atoms with Crippen molar-refractivity contribution >= 4 is 0 Å². The Hall–Kier alpha value is -2.18. The van der Waals surface area contributed by atoms with E-state index in [1.54, 1.807) is 13.1 Å². The van der Waals surface area contributed by atoms with Crippen molar-refractivity contribution in [3.05, 3.63) is 57.5 Å². The molecule has 2 N–H and O–H groups in total. The van der Waals surface area contributed by atoms with Crippen molar-refractivity contribution < 1.29 is 9.47 Å². The number of hydrogen-bond acceptors (Lipinski definition) is 5. The SMILES string of the molecule is Cc1c(OCc2ccc(COCCN)cc2)cnn(C(C)(C)C)c1=O. The lowest BCUT2D eigenvalue weighted by molar-refractivity contribution is 0.128. The molecule has 0 unspecified atom stereocenters. The Kier molecular flexibility index (Phi) is 6.33. The fourth-order valence-corrected chi connectivity index (χ4v) is 2.31. The lowest BCUT2D eigenvalue weighted by Gasteiger charge is -2.21. The number of nitrogens with zero attached hydrogens (tertiary/aromatic N) is 2. The summed E-state index contributed by atoms with van der Waals surface area (Å²) in [5, 5.41) is 4.23. The van der Waals surface area contributed by atoms with Crippen LogP contribution in [0.3, 0.4) is 0 Å². The Morgan fingerprint density at radius 1 is 1.12 bits per heavy atom. The van der Waals surface area contributed by atoms with Crippen LogP contribution in [0.5, 0.6) is 5.75 Å². The molecule has 0 atom stereocenters. The molecule has 25 heavy (non-hydrogen) atoms. The first-order valence-electron chi connectivity index (χ1n) is 8.41. The molecule has 2 aromatic rings.